The molecule has 1 aliphatic rings. The third kappa shape index (κ3) is 4.75. The molecular formula is C23H27N5O2S. The van der Waals surface area contributed by atoms with Crippen molar-refractivity contribution in [3.05, 3.63) is 57.9 Å². The Morgan fingerprint density at radius 3 is 2.45 bits per heavy atom. The van der Waals surface area contributed by atoms with Gasteiger partial charge in [-0.25, -0.2) is 9.97 Å². The summed E-state index contributed by atoms with van der Waals surface area (Å²) in [5.41, 5.74) is 2.96. The van der Waals surface area contributed by atoms with Crippen LogP contribution in [-0.4, -0.2) is 64.3 Å². The Balaban J connectivity index is 1.33. The van der Waals surface area contributed by atoms with Gasteiger partial charge in [0.05, 0.1) is 11.4 Å². The first kappa shape index (κ1) is 21.4. The lowest BCUT2D eigenvalue weighted by Gasteiger charge is -2.34. The lowest BCUT2D eigenvalue weighted by molar-refractivity contribution is -0.122. The first-order chi connectivity index (χ1) is 14.9. The second-order valence-corrected chi connectivity index (χ2v) is 8.92. The first-order valence-corrected chi connectivity index (χ1v) is 11.3. The quantitative estimate of drug-likeness (QED) is 0.664. The monoisotopic (exact) mass is 437 g/mol. The zero-order valence-corrected chi connectivity index (χ0v) is 19.0. The number of amides is 2. The number of thiophene rings is 1. The number of aromatic nitrogens is 2. The van der Waals surface area contributed by atoms with Crippen molar-refractivity contribution in [3.8, 4) is 0 Å². The summed E-state index contributed by atoms with van der Waals surface area (Å²) in [6, 6.07) is 9.88. The van der Waals surface area contributed by atoms with Crippen molar-refractivity contribution >= 4 is 33.4 Å². The summed E-state index contributed by atoms with van der Waals surface area (Å²) < 4.78 is 0. The molecule has 1 aliphatic heterocycles. The van der Waals surface area contributed by atoms with Crippen molar-refractivity contribution in [2.75, 3.05) is 32.7 Å². The number of hydrogen-bond acceptors (Lipinski definition) is 6. The van der Waals surface area contributed by atoms with Gasteiger partial charge >= 0.3 is 0 Å². The Bertz CT molecular complexity index is 1100. The zero-order chi connectivity index (χ0) is 22.0. The van der Waals surface area contributed by atoms with Gasteiger partial charge in [0.15, 0.2) is 0 Å². The molecule has 31 heavy (non-hydrogen) atoms. The number of carbonyl (C=O) groups excluding carboxylic acids is 2. The van der Waals surface area contributed by atoms with Gasteiger partial charge in [0.1, 0.15) is 10.7 Å². The molecular weight excluding hydrogens is 410 g/mol. The van der Waals surface area contributed by atoms with E-state index in [0.717, 1.165) is 37.7 Å². The van der Waals surface area contributed by atoms with Crippen LogP contribution in [0.15, 0.2) is 30.3 Å². The van der Waals surface area contributed by atoms with E-state index in [0.29, 0.717) is 39.3 Å². The van der Waals surface area contributed by atoms with E-state index in [-0.39, 0.29) is 11.8 Å². The maximum atomic E-state index is 13.2. The lowest BCUT2D eigenvalue weighted by Crippen LogP contribution is -2.51. The van der Waals surface area contributed by atoms with E-state index in [1.54, 1.807) is 0 Å². The number of carbonyl (C=O) groups is 2. The van der Waals surface area contributed by atoms with Crippen molar-refractivity contribution in [3.63, 3.8) is 0 Å². The van der Waals surface area contributed by atoms with Crippen LogP contribution < -0.4 is 5.32 Å². The predicted octanol–water partition coefficient (Wildman–Crippen LogP) is 2.69. The molecule has 0 spiro atoms. The smallest absolute Gasteiger partial charge is 0.264 e. The molecule has 1 fully saturated rings. The number of rotatable bonds is 5. The molecule has 0 radical (unpaired) electrons. The molecule has 162 valence electrons. The summed E-state index contributed by atoms with van der Waals surface area (Å²) in [6.45, 7) is 9.30. The molecule has 0 unspecified atom stereocenters. The Morgan fingerprint density at radius 2 is 1.74 bits per heavy atom. The molecule has 0 aliphatic carbocycles. The van der Waals surface area contributed by atoms with Crippen LogP contribution in [-0.2, 0) is 11.3 Å². The number of benzene rings is 1. The van der Waals surface area contributed by atoms with E-state index >= 15 is 0 Å². The molecule has 1 N–H and O–H groups in total. The average Bonchev–Trinajstić information content (AvgIpc) is 3.09. The molecule has 8 heteroatoms. The molecule has 0 saturated carbocycles. The van der Waals surface area contributed by atoms with Gasteiger partial charge in [-0.1, -0.05) is 30.3 Å². The molecule has 2 aromatic heterocycles. The summed E-state index contributed by atoms with van der Waals surface area (Å²) in [6.07, 6.45) is 0. The second kappa shape index (κ2) is 9.11. The van der Waals surface area contributed by atoms with Crippen LogP contribution in [0.5, 0.6) is 0 Å². The zero-order valence-electron chi connectivity index (χ0n) is 18.1. The van der Waals surface area contributed by atoms with Gasteiger partial charge < -0.3 is 10.2 Å². The molecule has 3 heterocycles. The van der Waals surface area contributed by atoms with Crippen LogP contribution in [0.1, 0.15) is 32.3 Å². The van der Waals surface area contributed by atoms with E-state index < -0.39 is 0 Å². The fourth-order valence-corrected chi connectivity index (χ4v) is 5.23. The molecule has 1 saturated heterocycles. The van der Waals surface area contributed by atoms with E-state index in [4.69, 9.17) is 0 Å². The van der Waals surface area contributed by atoms with Crippen molar-refractivity contribution in [1.29, 1.82) is 0 Å². The molecule has 0 atom stereocenters. The summed E-state index contributed by atoms with van der Waals surface area (Å²) in [5.74, 6) is 0.781. The van der Waals surface area contributed by atoms with Crippen LogP contribution in [0.2, 0.25) is 0 Å². The minimum atomic E-state index is 0.00778. The van der Waals surface area contributed by atoms with E-state index in [1.807, 2.05) is 56.0 Å². The van der Waals surface area contributed by atoms with Crippen LogP contribution in [0, 0.1) is 20.8 Å². The predicted molar refractivity (Wildman–Crippen MR) is 122 cm³/mol. The maximum Gasteiger partial charge on any atom is 0.264 e. The molecule has 1 aromatic carbocycles. The van der Waals surface area contributed by atoms with E-state index in [2.05, 4.69) is 20.2 Å². The summed E-state index contributed by atoms with van der Waals surface area (Å²) in [5, 5.41) is 3.96. The number of nitrogens with one attached hydrogen (secondary N) is 1. The van der Waals surface area contributed by atoms with Gasteiger partial charge in [-0.15, -0.1) is 11.3 Å². The normalized spacial score (nSPS) is 14.7. The second-order valence-electron chi connectivity index (χ2n) is 7.92. The van der Waals surface area contributed by atoms with Gasteiger partial charge in [0.2, 0.25) is 5.91 Å². The Morgan fingerprint density at radius 1 is 1.03 bits per heavy atom. The third-order valence-electron chi connectivity index (χ3n) is 5.64. The highest BCUT2D eigenvalue weighted by atomic mass is 32.1. The maximum absolute atomic E-state index is 13.2. The Kier molecular flexibility index (Phi) is 6.29. The van der Waals surface area contributed by atoms with Crippen LogP contribution in [0.25, 0.3) is 10.2 Å². The average molecular weight is 438 g/mol. The fraction of sp³-hybridized carbons (Fsp3) is 0.391. The summed E-state index contributed by atoms with van der Waals surface area (Å²) in [4.78, 5) is 40.0. The minimum Gasteiger partial charge on any atom is -0.351 e. The topological polar surface area (TPSA) is 78.4 Å². The fourth-order valence-electron chi connectivity index (χ4n) is 3.99. The van der Waals surface area contributed by atoms with E-state index in [1.165, 1.54) is 11.3 Å². The standard InChI is InChI=1S/C23H27N5O2S/c1-15-20-16(2)25-17(3)26-22(20)31-21(15)23(30)28-11-9-27(10-12-28)14-19(29)24-13-18-7-5-4-6-8-18/h4-8H,9-14H2,1-3H3,(H,24,29). The first-order valence-electron chi connectivity index (χ1n) is 10.5. The van der Waals surface area contributed by atoms with Crippen LogP contribution >= 0.6 is 11.3 Å². The number of fused-ring (bicyclic) bond motifs is 1. The number of piperazine rings is 1. The van der Waals surface area contributed by atoms with E-state index in [9.17, 15) is 9.59 Å². The lowest BCUT2D eigenvalue weighted by atomic mass is 10.1. The Labute approximate surface area is 186 Å². The number of aryl methyl sites for hydroxylation is 3. The largest absolute Gasteiger partial charge is 0.351 e. The van der Waals surface area contributed by atoms with Gasteiger partial charge in [-0.05, 0) is 31.9 Å². The molecule has 4 rings (SSSR count). The minimum absolute atomic E-state index is 0.00778. The van der Waals surface area contributed by atoms with Gasteiger partial charge in [0, 0.05) is 43.8 Å². The van der Waals surface area contributed by atoms with Crippen LogP contribution in [0.3, 0.4) is 0 Å². The molecule has 0 bridgehead atoms. The van der Waals surface area contributed by atoms with Crippen molar-refractivity contribution in [2.45, 2.75) is 27.3 Å². The number of hydrogen-bond donors (Lipinski definition) is 1. The molecule has 3 aromatic rings. The summed E-state index contributed by atoms with van der Waals surface area (Å²) in [7, 11) is 0. The van der Waals surface area contributed by atoms with Crippen molar-refractivity contribution in [2.24, 2.45) is 0 Å². The number of nitrogens with zero attached hydrogens (tertiary/aromatic N) is 4. The van der Waals surface area contributed by atoms with Crippen molar-refractivity contribution < 1.29 is 9.59 Å². The van der Waals surface area contributed by atoms with Crippen LogP contribution in [0.4, 0.5) is 0 Å². The third-order valence-corrected chi connectivity index (χ3v) is 6.81. The van der Waals surface area contributed by atoms with Gasteiger partial charge in [-0.3, -0.25) is 14.5 Å². The SMILES string of the molecule is Cc1nc(C)c2c(C)c(C(=O)N3CCN(CC(=O)NCc4ccccc4)CC3)sc2n1. The highest BCUT2D eigenvalue weighted by molar-refractivity contribution is 7.20. The highest BCUT2D eigenvalue weighted by Crippen LogP contribution is 2.32. The van der Waals surface area contributed by atoms with Gasteiger partial charge in [0.25, 0.3) is 5.91 Å². The highest BCUT2D eigenvalue weighted by Gasteiger charge is 2.27. The Hall–Kier alpha value is -2.84. The molecule has 2 amide bonds. The van der Waals surface area contributed by atoms with Crippen molar-refractivity contribution in [1.82, 2.24) is 25.1 Å². The molecule has 7 nitrogen and oxygen atoms in total. The van der Waals surface area contributed by atoms with Gasteiger partial charge in [-0.2, -0.15) is 0 Å². The summed E-state index contributed by atoms with van der Waals surface area (Å²) >= 11 is 1.45.